The van der Waals surface area contributed by atoms with Crippen LogP contribution < -0.4 is 15.4 Å². The van der Waals surface area contributed by atoms with Gasteiger partial charge in [-0.05, 0) is 49.9 Å². The molecular weight excluding hydrogens is 501 g/mol. The smallest absolute Gasteiger partial charge is 0.257 e. The van der Waals surface area contributed by atoms with Crippen LogP contribution >= 0.6 is 0 Å². The molecule has 3 aliphatic rings. The van der Waals surface area contributed by atoms with Crippen LogP contribution in [-0.2, 0) is 20.9 Å². The summed E-state index contributed by atoms with van der Waals surface area (Å²) in [6.07, 6.45) is 5.83. The Bertz CT molecular complexity index is 1210. The number of amides is 3. The molecule has 208 valence electrons. The highest BCUT2D eigenvalue weighted by molar-refractivity contribution is 6.00. The largest absolute Gasteiger partial charge is 0.490 e. The second kappa shape index (κ2) is 12.2. The van der Waals surface area contributed by atoms with E-state index in [1.165, 1.54) is 12.5 Å². The predicted molar refractivity (Wildman–Crippen MR) is 144 cm³/mol. The first-order valence-corrected chi connectivity index (χ1v) is 13.9. The molecule has 2 heterocycles. The summed E-state index contributed by atoms with van der Waals surface area (Å²) >= 11 is 0. The Morgan fingerprint density at radius 3 is 2.64 bits per heavy atom. The third kappa shape index (κ3) is 6.41. The lowest BCUT2D eigenvalue weighted by Gasteiger charge is -2.42. The van der Waals surface area contributed by atoms with Crippen molar-refractivity contribution in [3.8, 4) is 5.75 Å². The molecule has 2 N–H and O–H groups in total. The van der Waals surface area contributed by atoms with Gasteiger partial charge in [0.05, 0.1) is 24.1 Å². The first-order valence-electron chi connectivity index (χ1n) is 13.9. The van der Waals surface area contributed by atoms with Gasteiger partial charge in [0.15, 0.2) is 0 Å². The van der Waals surface area contributed by atoms with Crippen LogP contribution in [0.2, 0.25) is 0 Å². The molecule has 2 aliphatic heterocycles. The third-order valence-corrected chi connectivity index (χ3v) is 8.10. The highest BCUT2D eigenvalue weighted by Gasteiger charge is 2.39. The Morgan fingerprint density at radius 2 is 1.85 bits per heavy atom. The summed E-state index contributed by atoms with van der Waals surface area (Å²) in [5.74, 6) is -0.302. The van der Waals surface area contributed by atoms with Crippen LogP contribution in [0.15, 0.2) is 42.5 Å². The van der Waals surface area contributed by atoms with Gasteiger partial charge in [-0.1, -0.05) is 37.5 Å². The van der Waals surface area contributed by atoms with Crippen molar-refractivity contribution in [2.24, 2.45) is 5.92 Å². The van der Waals surface area contributed by atoms with Gasteiger partial charge in [-0.25, -0.2) is 4.39 Å². The van der Waals surface area contributed by atoms with Crippen LogP contribution in [-0.4, -0.2) is 54.5 Å². The van der Waals surface area contributed by atoms with E-state index >= 15 is 0 Å². The average molecular weight is 538 g/mol. The third-order valence-electron chi connectivity index (χ3n) is 8.10. The maximum absolute atomic E-state index is 13.8. The summed E-state index contributed by atoms with van der Waals surface area (Å²) in [4.78, 5) is 40.4. The number of halogens is 1. The van der Waals surface area contributed by atoms with E-state index < -0.39 is 6.10 Å². The van der Waals surface area contributed by atoms with Gasteiger partial charge in [0.25, 0.3) is 5.91 Å². The van der Waals surface area contributed by atoms with Crippen LogP contribution in [0.4, 0.5) is 10.1 Å². The minimum atomic E-state index is -0.393. The molecule has 0 unspecified atom stereocenters. The zero-order valence-electron chi connectivity index (χ0n) is 22.3. The number of carbonyl (C=O) groups is 3. The van der Waals surface area contributed by atoms with Crippen LogP contribution in [0.25, 0.3) is 0 Å². The van der Waals surface area contributed by atoms with Crippen LogP contribution in [0.3, 0.4) is 0 Å². The number of nitrogens with one attached hydrogen (secondary N) is 2. The van der Waals surface area contributed by atoms with E-state index in [1.807, 2.05) is 0 Å². The number of fused-ring (bicyclic) bond motifs is 2. The van der Waals surface area contributed by atoms with Gasteiger partial charge in [-0.2, -0.15) is 0 Å². The molecule has 0 aromatic heterocycles. The number of likely N-dealkylation sites (N-methyl/N-ethyl adjacent to an activating group) is 1. The number of carbonyl (C=O) groups excluding carboxylic acids is 3. The summed E-state index contributed by atoms with van der Waals surface area (Å²) in [6.45, 7) is 0.348. The minimum Gasteiger partial charge on any atom is -0.490 e. The number of benzene rings is 2. The fourth-order valence-corrected chi connectivity index (χ4v) is 5.83. The summed E-state index contributed by atoms with van der Waals surface area (Å²) in [7, 11) is 1.76. The van der Waals surface area contributed by atoms with Crippen LogP contribution in [0.1, 0.15) is 67.3 Å². The molecule has 39 heavy (non-hydrogen) atoms. The van der Waals surface area contributed by atoms with Gasteiger partial charge in [0.1, 0.15) is 24.3 Å². The van der Waals surface area contributed by atoms with Crippen molar-refractivity contribution >= 4 is 23.4 Å². The van der Waals surface area contributed by atoms with Gasteiger partial charge in [0.2, 0.25) is 11.8 Å². The molecule has 2 aromatic rings. The van der Waals surface area contributed by atoms with Crippen molar-refractivity contribution < 1.29 is 28.2 Å². The number of rotatable bonds is 6. The van der Waals surface area contributed by atoms with Gasteiger partial charge in [-0.15, -0.1) is 0 Å². The second-order valence-electron chi connectivity index (χ2n) is 10.8. The molecule has 0 spiro atoms. The van der Waals surface area contributed by atoms with Crippen molar-refractivity contribution in [3.63, 3.8) is 0 Å². The van der Waals surface area contributed by atoms with E-state index in [1.54, 1.807) is 48.3 Å². The fraction of sp³-hybridized carbons (Fsp3) is 0.500. The van der Waals surface area contributed by atoms with Crippen LogP contribution in [0.5, 0.6) is 5.75 Å². The maximum atomic E-state index is 13.8. The Hall–Kier alpha value is -3.46. The number of nitrogens with zero attached hydrogens (tertiary/aromatic N) is 1. The van der Waals surface area contributed by atoms with E-state index in [0.29, 0.717) is 35.4 Å². The molecule has 1 aliphatic carbocycles. The SMILES string of the molecule is CN1C(=O)c2cc(NC(=O)C3CCCCC3)ccc2OC[C@H]2O[C@@H](CC(=O)NCc3ccccc3F)CC[C@@H]21. The summed E-state index contributed by atoms with van der Waals surface area (Å²) in [6, 6.07) is 11.3. The minimum absolute atomic E-state index is 0.00643. The van der Waals surface area contributed by atoms with E-state index in [9.17, 15) is 18.8 Å². The maximum Gasteiger partial charge on any atom is 0.257 e. The lowest BCUT2D eigenvalue weighted by molar-refractivity contribution is -0.134. The van der Waals surface area contributed by atoms with Crippen molar-refractivity contribution in [1.82, 2.24) is 10.2 Å². The lowest BCUT2D eigenvalue weighted by Crippen LogP contribution is -2.53. The molecule has 1 saturated carbocycles. The average Bonchev–Trinajstić information content (AvgIpc) is 2.95. The van der Waals surface area contributed by atoms with Crippen molar-refractivity contribution in [2.75, 3.05) is 19.0 Å². The number of anilines is 1. The molecular formula is C30H36FN3O5. The Kier molecular flexibility index (Phi) is 8.45. The highest BCUT2D eigenvalue weighted by Crippen LogP contribution is 2.33. The monoisotopic (exact) mass is 537 g/mol. The molecule has 0 bridgehead atoms. The first-order chi connectivity index (χ1) is 18.9. The highest BCUT2D eigenvalue weighted by atomic mass is 19.1. The van der Waals surface area contributed by atoms with Gasteiger partial charge >= 0.3 is 0 Å². The predicted octanol–water partition coefficient (Wildman–Crippen LogP) is 4.43. The van der Waals surface area contributed by atoms with Gasteiger partial charge in [-0.3, -0.25) is 14.4 Å². The Labute approximate surface area is 228 Å². The quantitative estimate of drug-likeness (QED) is 0.568. The molecule has 3 amide bonds. The summed E-state index contributed by atoms with van der Waals surface area (Å²) in [5, 5.41) is 5.75. The topological polar surface area (TPSA) is 97.0 Å². The standard InChI is InChI=1S/C30H36FN3O5/c1-34-25-13-12-22(16-28(35)32-17-20-9-5-6-10-24(20)31)39-27(25)18-38-26-14-11-21(15-23(26)30(34)37)33-29(36)19-7-3-2-4-8-19/h5-6,9-11,14-15,19,22,25,27H,2-4,7-8,12-13,16-18H2,1H3,(H,32,35)(H,33,36)/t22-,25+,27-/m1/s1. The van der Waals surface area contributed by atoms with Gasteiger partial charge < -0.3 is 25.0 Å². The molecule has 9 heteroatoms. The van der Waals surface area contributed by atoms with Gasteiger partial charge in [0, 0.05) is 30.8 Å². The molecule has 1 saturated heterocycles. The lowest BCUT2D eigenvalue weighted by atomic mass is 9.88. The second-order valence-corrected chi connectivity index (χ2v) is 10.8. The zero-order chi connectivity index (χ0) is 27.4. The summed E-state index contributed by atoms with van der Waals surface area (Å²) in [5.41, 5.74) is 1.43. The zero-order valence-corrected chi connectivity index (χ0v) is 22.3. The molecule has 0 radical (unpaired) electrons. The molecule has 2 fully saturated rings. The van der Waals surface area contributed by atoms with E-state index in [-0.39, 0.29) is 61.2 Å². The van der Waals surface area contributed by atoms with Crippen molar-refractivity contribution in [2.45, 2.75) is 76.2 Å². The number of hydrogen-bond acceptors (Lipinski definition) is 5. The molecule has 2 aromatic carbocycles. The Balaban J connectivity index is 1.20. The fourth-order valence-electron chi connectivity index (χ4n) is 5.83. The number of hydrogen-bond donors (Lipinski definition) is 2. The summed E-state index contributed by atoms with van der Waals surface area (Å²) < 4.78 is 26.1. The van der Waals surface area contributed by atoms with E-state index in [2.05, 4.69) is 10.6 Å². The molecule has 5 rings (SSSR count). The van der Waals surface area contributed by atoms with Crippen LogP contribution in [0, 0.1) is 11.7 Å². The van der Waals surface area contributed by atoms with Crippen molar-refractivity contribution in [1.29, 1.82) is 0 Å². The molecule has 8 nitrogen and oxygen atoms in total. The first kappa shape index (κ1) is 27.1. The Morgan fingerprint density at radius 1 is 1.05 bits per heavy atom. The van der Waals surface area contributed by atoms with E-state index in [4.69, 9.17) is 9.47 Å². The van der Waals surface area contributed by atoms with Crippen molar-refractivity contribution in [3.05, 3.63) is 59.4 Å². The van der Waals surface area contributed by atoms with E-state index in [0.717, 1.165) is 25.7 Å². The normalized spacial score (nSPS) is 23.5. The molecule has 3 atom stereocenters. The number of ether oxygens (including phenoxy) is 2.